The Bertz CT molecular complexity index is 428. The van der Waals surface area contributed by atoms with Crippen molar-refractivity contribution in [2.45, 2.75) is 19.3 Å². The van der Waals surface area contributed by atoms with Gasteiger partial charge in [-0.3, -0.25) is 10.1 Å². The molecule has 0 spiro atoms. The summed E-state index contributed by atoms with van der Waals surface area (Å²) in [5.74, 6) is -0.391. The fraction of sp³-hybridized carbons (Fsp3) is 0.357. The lowest BCUT2D eigenvalue weighted by Crippen LogP contribution is -2.04. The van der Waals surface area contributed by atoms with E-state index in [4.69, 9.17) is 4.74 Å². The third-order valence-electron chi connectivity index (χ3n) is 2.44. The van der Waals surface area contributed by atoms with E-state index in [2.05, 4.69) is 0 Å². The third kappa shape index (κ3) is 7.70. The summed E-state index contributed by atoms with van der Waals surface area (Å²) in [4.78, 5) is 21.1. The maximum atomic E-state index is 11.3. The van der Waals surface area contributed by atoms with Crippen LogP contribution in [0.25, 0.3) is 6.08 Å². The number of hydrogen-bond acceptors (Lipinski definition) is 4. The summed E-state index contributed by atoms with van der Waals surface area (Å²) < 4.78 is 4.98. The number of benzene rings is 1. The van der Waals surface area contributed by atoms with Crippen molar-refractivity contribution in [1.29, 1.82) is 0 Å². The zero-order valence-corrected chi connectivity index (χ0v) is 10.7. The van der Waals surface area contributed by atoms with Crippen LogP contribution in [0.3, 0.4) is 0 Å². The molecule has 1 aromatic carbocycles. The number of esters is 1. The molecule has 1 rings (SSSR count). The molecule has 1 aromatic rings. The number of carbonyl (C=O) groups is 1. The van der Waals surface area contributed by atoms with Gasteiger partial charge in [-0.25, -0.2) is 4.79 Å². The molecule has 0 saturated heterocycles. The van der Waals surface area contributed by atoms with Crippen molar-refractivity contribution in [3.05, 3.63) is 52.1 Å². The maximum absolute atomic E-state index is 11.3. The lowest BCUT2D eigenvalue weighted by molar-refractivity contribution is -0.480. The molecule has 0 aliphatic rings. The van der Waals surface area contributed by atoms with Crippen molar-refractivity contribution < 1.29 is 14.5 Å². The topological polar surface area (TPSA) is 69.4 Å². The van der Waals surface area contributed by atoms with Gasteiger partial charge in [-0.05, 0) is 24.5 Å². The SMILES string of the molecule is O=C(C=Cc1ccccc1)OCCCCC[N+](=O)[O-]. The zero-order valence-electron chi connectivity index (χ0n) is 10.7. The quantitative estimate of drug-likeness (QED) is 0.238. The van der Waals surface area contributed by atoms with E-state index in [1.165, 1.54) is 6.08 Å². The molecule has 102 valence electrons. The minimum Gasteiger partial charge on any atom is -0.463 e. The molecule has 5 heteroatoms. The molecule has 0 atom stereocenters. The Balaban J connectivity index is 2.11. The van der Waals surface area contributed by atoms with Crippen molar-refractivity contribution in [2.24, 2.45) is 0 Å². The van der Waals surface area contributed by atoms with Gasteiger partial charge in [-0.2, -0.15) is 0 Å². The Hall–Kier alpha value is -2.17. The zero-order chi connectivity index (χ0) is 13.9. The molecular weight excluding hydrogens is 246 g/mol. The average Bonchev–Trinajstić information content (AvgIpc) is 2.41. The van der Waals surface area contributed by atoms with E-state index >= 15 is 0 Å². The van der Waals surface area contributed by atoms with E-state index in [-0.39, 0.29) is 11.5 Å². The van der Waals surface area contributed by atoms with Gasteiger partial charge < -0.3 is 4.74 Å². The molecule has 0 N–H and O–H groups in total. The van der Waals surface area contributed by atoms with Gasteiger partial charge in [0.15, 0.2) is 0 Å². The highest BCUT2D eigenvalue weighted by Crippen LogP contribution is 2.02. The second-order valence-electron chi connectivity index (χ2n) is 4.03. The van der Waals surface area contributed by atoms with Gasteiger partial charge in [0.1, 0.15) is 0 Å². The molecule has 0 aliphatic heterocycles. The summed E-state index contributed by atoms with van der Waals surface area (Å²) in [6, 6.07) is 9.46. The molecular formula is C14H17NO4. The molecule has 0 radical (unpaired) electrons. The van der Waals surface area contributed by atoms with E-state index < -0.39 is 5.97 Å². The van der Waals surface area contributed by atoms with Crippen LogP contribution >= 0.6 is 0 Å². The largest absolute Gasteiger partial charge is 0.463 e. The molecule has 0 aromatic heterocycles. The van der Waals surface area contributed by atoms with Crippen molar-refractivity contribution in [3.63, 3.8) is 0 Å². The number of rotatable bonds is 8. The van der Waals surface area contributed by atoms with Crippen LogP contribution in [0.2, 0.25) is 0 Å². The van der Waals surface area contributed by atoms with Crippen LogP contribution in [-0.2, 0) is 9.53 Å². The lowest BCUT2D eigenvalue weighted by Gasteiger charge is -2.00. The van der Waals surface area contributed by atoms with E-state index in [0.29, 0.717) is 25.9 Å². The van der Waals surface area contributed by atoms with E-state index in [1.807, 2.05) is 30.3 Å². The van der Waals surface area contributed by atoms with Gasteiger partial charge in [0, 0.05) is 17.4 Å². The van der Waals surface area contributed by atoms with Crippen LogP contribution in [0.5, 0.6) is 0 Å². The molecule has 0 saturated carbocycles. The second-order valence-corrected chi connectivity index (χ2v) is 4.03. The van der Waals surface area contributed by atoms with Gasteiger partial charge in [0.05, 0.1) is 6.61 Å². The highest BCUT2D eigenvalue weighted by atomic mass is 16.6. The molecule has 0 aliphatic carbocycles. The first kappa shape index (κ1) is 14.9. The Labute approximate surface area is 112 Å². The second kappa shape index (κ2) is 8.85. The Morgan fingerprint density at radius 3 is 2.63 bits per heavy atom. The number of nitrogens with zero attached hydrogens (tertiary/aromatic N) is 1. The van der Waals surface area contributed by atoms with Gasteiger partial charge in [0.2, 0.25) is 6.54 Å². The first-order valence-corrected chi connectivity index (χ1v) is 6.20. The van der Waals surface area contributed by atoms with Crippen LogP contribution in [0.15, 0.2) is 36.4 Å². The van der Waals surface area contributed by atoms with Crippen LogP contribution in [0.4, 0.5) is 0 Å². The van der Waals surface area contributed by atoms with Crippen LogP contribution in [-0.4, -0.2) is 24.0 Å². The van der Waals surface area contributed by atoms with Gasteiger partial charge in [-0.1, -0.05) is 30.3 Å². The van der Waals surface area contributed by atoms with Gasteiger partial charge in [-0.15, -0.1) is 0 Å². The number of nitro groups is 1. The average molecular weight is 263 g/mol. The number of carbonyl (C=O) groups excluding carboxylic acids is 1. The molecule has 0 fully saturated rings. The van der Waals surface area contributed by atoms with Crippen molar-refractivity contribution in [2.75, 3.05) is 13.2 Å². The normalized spacial score (nSPS) is 10.5. The van der Waals surface area contributed by atoms with E-state index in [9.17, 15) is 14.9 Å². The minimum atomic E-state index is -0.391. The lowest BCUT2D eigenvalue weighted by atomic mass is 10.2. The Morgan fingerprint density at radius 2 is 1.95 bits per heavy atom. The van der Waals surface area contributed by atoms with Crippen molar-refractivity contribution >= 4 is 12.0 Å². The smallest absolute Gasteiger partial charge is 0.330 e. The van der Waals surface area contributed by atoms with E-state index in [0.717, 1.165) is 5.56 Å². The molecule has 0 bridgehead atoms. The predicted octanol–water partition coefficient (Wildman–Crippen LogP) is 2.69. The summed E-state index contributed by atoms with van der Waals surface area (Å²) in [6.45, 7) is 0.275. The third-order valence-corrected chi connectivity index (χ3v) is 2.44. The molecule has 0 heterocycles. The summed E-state index contributed by atoms with van der Waals surface area (Å²) in [5, 5.41) is 10.1. The minimum absolute atomic E-state index is 0.0259. The molecule has 0 amide bonds. The van der Waals surface area contributed by atoms with Crippen LogP contribution in [0.1, 0.15) is 24.8 Å². The van der Waals surface area contributed by atoms with Crippen molar-refractivity contribution in [3.8, 4) is 0 Å². The van der Waals surface area contributed by atoms with E-state index in [1.54, 1.807) is 6.08 Å². The molecule has 19 heavy (non-hydrogen) atoms. The Morgan fingerprint density at radius 1 is 1.21 bits per heavy atom. The highest BCUT2D eigenvalue weighted by Gasteiger charge is 1.99. The number of ether oxygens (including phenoxy) is 1. The number of hydrogen-bond donors (Lipinski definition) is 0. The van der Waals surface area contributed by atoms with Crippen LogP contribution in [0, 0.1) is 10.1 Å². The molecule has 5 nitrogen and oxygen atoms in total. The summed E-state index contributed by atoms with van der Waals surface area (Å²) in [7, 11) is 0. The highest BCUT2D eigenvalue weighted by molar-refractivity contribution is 5.86. The maximum Gasteiger partial charge on any atom is 0.330 e. The molecule has 0 unspecified atom stereocenters. The first-order valence-electron chi connectivity index (χ1n) is 6.20. The summed E-state index contributed by atoms with van der Waals surface area (Å²) in [5.41, 5.74) is 0.936. The first-order chi connectivity index (χ1) is 9.18. The predicted molar refractivity (Wildman–Crippen MR) is 72.1 cm³/mol. The summed E-state index contributed by atoms with van der Waals surface area (Å²) in [6.07, 6.45) is 4.93. The number of unbranched alkanes of at least 4 members (excludes halogenated alkanes) is 2. The van der Waals surface area contributed by atoms with Gasteiger partial charge >= 0.3 is 5.97 Å². The van der Waals surface area contributed by atoms with Crippen LogP contribution < -0.4 is 0 Å². The van der Waals surface area contributed by atoms with Gasteiger partial charge in [0.25, 0.3) is 0 Å². The summed E-state index contributed by atoms with van der Waals surface area (Å²) >= 11 is 0. The monoisotopic (exact) mass is 263 g/mol. The van der Waals surface area contributed by atoms with Crippen molar-refractivity contribution in [1.82, 2.24) is 0 Å². The standard InChI is InChI=1S/C14H17NO4/c16-14(10-9-13-7-3-1-4-8-13)19-12-6-2-5-11-15(17)18/h1,3-4,7-10H,2,5-6,11-12H2. The fourth-order valence-electron chi connectivity index (χ4n) is 1.47. The fourth-order valence-corrected chi connectivity index (χ4v) is 1.47. The Kier molecular flexibility index (Phi) is 6.94.